The van der Waals surface area contributed by atoms with Gasteiger partial charge in [-0.25, -0.2) is 0 Å². The molecule has 0 saturated heterocycles. The molecule has 1 aromatic carbocycles. The number of halogens is 1. The van der Waals surface area contributed by atoms with E-state index in [1.165, 1.54) is 0 Å². The van der Waals surface area contributed by atoms with Crippen LogP contribution in [0.1, 0.15) is 42.3 Å². The molecule has 2 N–H and O–H groups in total. The molecule has 0 spiro atoms. The highest BCUT2D eigenvalue weighted by Crippen LogP contribution is 2.31. The average Bonchev–Trinajstić information content (AvgIpc) is 2.69. The maximum absolute atomic E-state index is 12.3. The lowest BCUT2D eigenvalue weighted by molar-refractivity contribution is -0.116. The van der Waals surface area contributed by atoms with Gasteiger partial charge in [-0.1, -0.05) is 13.8 Å². The number of carbonyl (C=O) groups is 1. The van der Waals surface area contributed by atoms with Gasteiger partial charge in [0.2, 0.25) is 5.91 Å². The van der Waals surface area contributed by atoms with E-state index < -0.39 is 0 Å². The van der Waals surface area contributed by atoms with Gasteiger partial charge >= 0.3 is 0 Å². The monoisotopic (exact) mass is 379 g/mol. The van der Waals surface area contributed by atoms with Crippen LogP contribution in [0.25, 0.3) is 0 Å². The SMILES string of the molecule is Cc1cc(O)c(C(C)C)cc1NC(=O)Cn1nc(C)c(Br)c1C. The molecule has 1 amide bonds. The average molecular weight is 380 g/mol. The normalized spacial score (nSPS) is 11.1. The van der Waals surface area contributed by atoms with E-state index in [2.05, 4.69) is 26.3 Å². The molecule has 124 valence electrons. The second-order valence-corrected chi connectivity index (χ2v) is 6.86. The minimum atomic E-state index is -0.147. The van der Waals surface area contributed by atoms with Crippen molar-refractivity contribution in [2.24, 2.45) is 0 Å². The first-order chi connectivity index (χ1) is 10.7. The number of aromatic hydroxyl groups is 1. The van der Waals surface area contributed by atoms with Gasteiger partial charge in [0.15, 0.2) is 0 Å². The van der Waals surface area contributed by atoms with Crippen LogP contribution in [0.15, 0.2) is 16.6 Å². The second kappa shape index (κ2) is 6.74. The van der Waals surface area contributed by atoms with E-state index in [-0.39, 0.29) is 24.1 Å². The van der Waals surface area contributed by atoms with Gasteiger partial charge in [0, 0.05) is 5.69 Å². The summed E-state index contributed by atoms with van der Waals surface area (Å²) in [5.74, 6) is 0.294. The number of amides is 1. The van der Waals surface area contributed by atoms with Gasteiger partial charge in [-0.2, -0.15) is 5.10 Å². The van der Waals surface area contributed by atoms with Gasteiger partial charge in [-0.05, 0) is 65.9 Å². The number of nitrogens with zero attached hydrogens (tertiary/aromatic N) is 2. The minimum absolute atomic E-state index is 0.147. The number of aryl methyl sites for hydroxylation is 2. The minimum Gasteiger partial charge on any atom is -0.508 e. The number of aromatic nitrogens is 2. The Balaban J connectivity index is 2.20. The lowest BCUT2D eigenvalue weighted by Gasteiger charge is -2.15. The fourth-order valence-corrected chi connectivity index (χ4v) is 2.75. The lowest BCUT2D eigenvalue weighted by Crippen LogP contribution is -2.21. The van der Waals surface area contributed by atoms with Gasteiger partial charge in [-0.3, -0.25) is 9.48 Å². The molecule has 0 bridgehead atoms. The highest BCUT2D eigenvalue weighted by molar-refractivity contribution is 9.10. The van der Waals surface area contributed by atoms with E-state index in [9.17, 15) is 9.90 Å². The van der Waals surface area contributed by atoms with Crippen molar-refractivity contribution in [3.05, 3.63) is 39.1 Å². The van der Waals surface area contributed by atoms with Crippen LogP contribution >= 0.6 is 15.9 Å². The van der Waals surface area contributed by atoms with Gasteiger partial charge in [0.05, 0.1) is 15.9 Å². The maximum atomic E-state index is 12.3. The van der Waals surface area contributed by atoms with Crippen molar-refractivity contribution < 1.29 is 9.90 Å². The van der Waals surface area contributed by atoms with Crippen molar-refractivity contribution in [2.45, 2.75) is 47.1 Å². The van der Waals surface area contributed by atoms with E-state index in [0.29, 0.717) is 0 Å². The topological polar surface area (TPSA) is 67.2 Å². The summed E-state index contributed by atoms with van der Waals surface area (Å²) in [6.07, 6.45) is 0. The van der Waals surface area contributed by atoms with Crippen LogP contribution in [0.3, 0.4) is 0 Å². The molecule has 6 heteroatoms. The first kappa shape index (κ1) is 17.5. The van der Waals surface area contributed by atoms with Gasteiger partial charge < -0.3 is 10.4 Å². The molecule has 23 heavy (non-hydrogen) atoms. The zero-order chi connectivity index (χ0) is 17.3. The molecule has 2 rings (SSSR count). The molecule has 0 radical (unpaired) electrons. The second-order valence-electron chi connectivity index (χ2n) is 6.07. The van der Waals surface area contributed by atoms with Gasteiger partial charge in [0.1, 0.15) is 12.3 Å². The predicted molar refractivity (Wildman–Crippen MR) is 95.0 cm³/mol. The first-order valence-corrected chi connectivity index (χ1v) is 8.32. The molecule has 0 saturated carbocycles. The Morgan fingerprint density at radius 1 is 1.35 bits per heavy atom. The Labute approximate surface area is 144 Å². The molecular weight excluding hydrogens is 358 g/mol. The van der Waals surface area contributed by atoms with E-state index >= 15 is 0 Å². The van der Waals surface area contributed by atoms with Gasteiger partial charge in [-0.15, -0.1) is 0 Å². The van der Waals surface area contributed by atoms with Crippen molar-refractivity contribution in [3.63, 3.8) is 0 Å². The van der Waals surface area contributed by atoms with E-state index in [4.69, 9.17) is 0 Å². The number of phenolic OH excluding ortho intramolecular Hbond substituents is 1. The number of benzene rings is 1. The Kier molecular flexibility index (Phi) is 5.14. The number of anilines is 1. The van der Waals surface area contributed by atoms with Crippen LogP contribution in [-0.2, 0) is 11.3 Å². The van der Waals surface area contributed by atoms with Crippen molar-refractivity contribution in [2.75, 3.05) is 5.32 Å². The number of carbonyl (C=O) groups excluding carboxylic acids is 1. The molecule has 0 unspecified atom stereocenters. The van der Waals surface area contributed by atoms with Crippen molar-refractivity contribution >= 4 is 27.5 Å². The Morgan fingerprint density at radius 2 is 2.00 bits per heavy atom. The molecule has 0 atom stereocenters. The molecule has 5 nitrogen and oxygen atoms in total. The zero-order valence-electron chi connectivity index (χ0n) is 14.1. The molecule has 1 heterocycles. The van der Waals surface area contributed by atoms with Gasteiger partial charge in [0.25, 0.3) is 0 Å². The number of hydrogen-bond donors (Lipinski definition) is 2. The largest absolute Gasteiger partial charge is 0.508 e. The van der Waals surface area contributed by atoms with Crippen LogP contribution in [0.2, 0.25) is 0 Å². The van der Waals surface area contributed by atoms with Crippen molar-refractivity contribution in [3.8, 4) is 5.75 Å². The zero-order valence-corrected chi connectivity index (χ0v) is 15.7. The number of phenols is 1. The third-order valence-corrected chi connectivity index (χ3v) is 5.00. The molecular formula is C17H22BrN3O2. The van der Waals surface area contributed by atoms with Crippen molar-refractivity contribution in [1.29, 1.82) is 0 Å². The number of nitrogens with one attached hydrogen (secondary N) is 1. The quantitative estimate of drug-likeness (QED) is 0.787. The predicted octanol–water partition coefficient (Wildman–Crippen LogP) is 4.04. The summed E-state index contributed by atoms with van der Waals surface area (Å²) in [6, 6.07) is 3.52. The van der Waals surface area contributed by atoms with E-state index in [0.717, 1.165) is 32.7 Å². The summed E-state index contributed by atoms with van der Waals surface area (Å²) < 4.78 is 2.60. The standard InChI is InChI=1S/C17H22BrN3O2/c1-9(2)13-7-14(10(3)6-15(13)22)19-16(23)8-21-12(5)17(18)11(4)20-21/h6-7,9,22H,8H2,1-5H3,(H,19,23). The fraction of sp³-hybridized carbons (Fsp3) is 0.412. The Bertz CT molecular complexity index is 751. The van der Waals surface area contributed by atoms with Crippen molar-refractivity contribution in [1.82, 2.24) is 9.78 Å². The fourth-order valence-electron chi connectivity index (χ4n) is 2.46. The van der Waals surface area contributed by atoms with Crippen LogP contribution in [0.5, 0.6) is 5.75 Å². The molecule has 2 aromatic rings. The smallest absolute Gasteiger partial charge is 0.246 e. The highest BCUT2D eigenvalue weighted by atomic mass is 79.9. The summed E-state index contributed by atoms with van der Waals surface area (Å²) >= 11 is 3.46. The molecule has 0 aliphatic heterocycles. The number of hydrogen-bond acceptors (Lipinski definition) is 3. The summed E-state index contributed by atoms with van der Waals surface area (Å²) in [4.78, 5) is 12.3. The third-order valence-electron chi connectivity index (χ3n) is 3.86. The maximum Gasteiger partial charge on any atom is 0.246 e. The first-order valence-electron chi connectivity index (χ1n) is 7.53. The summed E-state index contributed by atoms with van der Waals surface area (Å²) in [5, 5.41) is 17.2. The van der Waals surface area contributed by atoms with Crippen LogP contribution in [0, 0.1) is 20.8 Å². The summed E-state index contributed by atoms with van der Waals surface area (Å²) in [7, 11) is 0. The number of rotatable bonds is 4. The molecule has 0 fully saturated rings. The third kappa shape index (κ3) is 3.75. The van der Waals surface area contributed by atoms with E-state index in [1.807, 2.05) is 40.7 Å². The van der Waals surface area contributed by atoms with Crippen LogP contribution < -0.4 is 5.32 Å². The Morgan fingerprint density at radius 3 is 2.52 bits per heavy atom. The summed E-state index contributed by atoms with van der Waals surface area (Å²) in [5.41, 5.74) is 4.15. The highest BCUT2D eigenvalue weighted by Gasteiger charge is 2.14. The molecule has 0 aliphatic rings. The van der Waals surface area contributed by atoms with E-state index in [1.54, 1.807) is 10.7 Å². The van der Waals surface area contributed by atoms with Crippen LogP contribution in [-0.4, -0.2) is 20.8 Å². The molecule has 1 aromatic heterocycles. The lowest BCUT2D eigenvalue weighted by atomic mass is 9.99. The van der Waals surface area contributed by atoms with Crippen LogP contribution in [0.4, 0.5) is 5.69 Å². The Hall–Kier alpha value is -1.82. The molecule has 0 aliphatic carbocycles. The summed E-state index contributed by atoms with van der Waals surface area (Å²) in [6.45, 7) is 9.83.